The van der Waals surface area contributed by atoms with Crippen LogP contribution in [0, 0.1) is 6.92 Å². The average Bonchev–Trinajstić information content (AvgIpc) is 2.80. The zero-order valence-electron chi connectivity index (χ0n) is 10.4. The Morgan fingerprint density at radius 3 is 2.63 bits per heavy atom. The summed E-state index contributed by atoms with van der Waals surface area (Å²) in [5, 5.41) is 11.4. The molecule has 1 atom stereocenters. The number of aliphatic hydroxyl groups excluding tert-OH is 1. The molecule has 1 aromatic heterocycles. The molecule has 0 saturated carbocycles. The highest BCUT2D eigenvalue weighted by molar-refractivity contribution is 9.10. The lowest BCUT2D eigenvalue weighted by Crippen LogP contribution is -1.98. The van der Waals surface area contributed by atoms with Gasteiger partial charge in [0.2, 0.25) is 0 Å². The lowest BCUT2D eigenvalue weighted by Gasteiger charge is -2.09. The van der Waals surface area contributed by atoms with E-state index in [9.17, 15) is 5.11 Å². The standard InChI is InChI=1S/C16H13BrO2/c1-10-6-12(8-13(17)7-10)16(18)15-9-11-4-2-3-5-14(11)19-15/h2-9,16,18H,1H3. The summed E-state index contributed by atoms with van der Waals surface area (Å²) in [7, 11) is 0. The number of fused-ring (bicyclic) bond motifs is 1. The molecule has 1 unspecified atom stereocenters. The van der Waals surface area contributed by atoms with E-state index in [2.05, 4.69) is 15.9 Å². The number of aryl methyl sites for hydroxylation is 1. The highest BCUT2D eigenvalue weighted by Gasteiger charge is 2.16. The highest BCUT2D eigenvalue weighted by atomic mass is 79.9. The number of aliphatic hydroxyl groups is 1. The van der Waals surface area contributed by atoms with E-state index < -0.39 is 6.10 Å². The van der Waals surface area contributed by atoms with E-state index in [4.69, 9.17) is 4.42 Å². The van der Waals surface area contributed by atoms with Gasteiger partial charge >= 0.3 is 0 Å². The fourth-order valence-electron chi connectivity index (χ4n) is 2.22. The Bertz CT molecular complexity index is 677. The molecule has 0 aliphatic rings. The van der Waals surface area contributed by atoms with Crippen LogP contribution in [0.3, 0.4) is 0 Å². The molecule has 2 nitrogen and oxygen atoms in total. The minimum Gasteiger partial charge on any atom is -0.458 e. The quantitative estimate of drug-likeness (QED) is 0.750. The van der Waals surface area contributed by atoms with Gasteiger partial charge in [-0.15, -0.1) is 0 Å². The Balaban J connectivity index is 2.05. The summed E-state index contributed by atoms with van der Waals surface area (Å²) in [5.74, 6) is 0.568. The molecular weight excluding hydrogens is 304 g/mol. The molecule has 2 aromatic carbocycles. The molecule has 96 valence electrons. The number of benzene rings is 2. The largest absolute Gasteiger partial charge is 0.458 e. The first-order valence-corrected chi connectivity index (χ1v) is 6.86. The lowest BCUT2D eigenvalue weighted by atomic mass is 10.0. The van der Waals surface area contributed by atoms with Gasteiger partial charge in [0.1, 0.15) is 17.4 Å². The zero-order valence-corrected chi connectivity index (χ0v) is 12.0. The third-order valence-electron chi connectivity index (χ3n) is 3.09. The molecule has 0 bridgehead atoms. The van der Waals surface area contributed by atoms with Crippen molar-refractivity contribution < 1.29 is 9.52 Å². The van der Waals surface area contributed by atoms with Crippen LogP contribution in [0.5, 0.6) is 0 Å². The first kappa shape index (κ1) is 12.5. The second-order valence-corrected chi connectivity index (χ2v) is 5.57. The molecular formula is C16H13BrO2. The van der Waals surface area contributed by atoms with Crippen LogP contribution in [-0.2, 0) is 0 Å². The van der Waals surface area contributed by atoms with Gasteiger partial charge in [-0.3, -0.25) is 0 Å². The van der Waals surface area contributed by atoms with Crippen molar-refractivity contribution >= 4 is 26.9 Å². The van der Waals surface area contributed by atoms with Crippen molar-refractivity contribution in [1.29, 1.82) is 0 Å². The summed E-state index contributed by atoms with van der Waals surface area (Å²) < 4.78 is 6.65. The maximum atomic E-state index is 10.4. The first-order valence-electron chi connectivity index (χ1n) is 6.07. The minimum atomic E-state index is -0.747. The smallest absolute Gasteiger partial charge is 0.138 e. The summed E-state index contributed by atoms with van der Waals surface area (Å²) in [6.45, 7) is 2.00. The van der Waals surface area contributed by atoms with Gasteiger partial charge in [0.15, 0.2) is 0 Å². The number of hydrogen-bond donors (Lipinski definition) is 1. The van der Waals surface area contributed by atoms with Crippen molar-refractivity contribution in [3.63, 3.8) is 0 Å². The van der Waals surface area contributed by atoms with Gasteiger partial charge in [0.05, 0.1) is 0 Å². The second-order valence-electron chi connectivity index (χ2n) is 4.65. The third-order valence-corrected chi connectivity index (χ3v) is 3.55. The zero-order chi connectivity index (χ0) is 13.4. The number of halogens is 1. The summed E-state index contributed by atoms with van der Waals surface area (Å²) in [5.41, 5.74) is 2.72. The van der Waals surface area contributed by atoms with E-state index in [1.807, 2.05) is 55.5 Å². The average molecular weight is 317 g/mol. The maximum Gasteiger partial charge on any atom is 0.138 e. The van der Waals surface area contributed by atoms with Crippen LogP contribution in [0.2, 0.25) is 0 Å². The Hall–Kier alpha value is -1.58. The molecule has 0 aliphatic carbocycles. The molecule has 3 aromatic rings. The van der Waals surface area contributed by atoms with Gasteiger partial charge in [-0.1, -0.05) is 40.2 Å². The van der Waals surface area contributed by atoms with E-state index in [0.29, 0.717) is 5.76 Å². The number of hydrogen-bond acceptors (Lipinski definition) is 2. The minimum absolute atomic E-state index is 0.568. The van der Waals surface area contributed by atoms with Crippen LogP contribution < -0.4 is 0 Å². The van der Waals surface area contributed by atoms with Crippen molar-refractivity contribution in [3.05, 3.63) is 69.9 Å². The predicted octanol–water partition coefficient (Wildman–Crippen LogP) is 4.59. The Morgan fingerprint density at radius 2 is 1.89 bits per heavy atom. The van der Waals surface area contributed by atoms with E-state index in [1.54, 1.807) is 0 Å². The van der Waals surface area contributed by atoms with E-state index in [0.717, 1.165) is 26.6 Å². The van der Waals surface area contributed by atoms with E-state index in [1.165, 1.54) is 0 Å². The van der Waals surface area contributed by atoms with Crippen molar-refractivity contribution in [2.24, 2.45) is 0 Å². The normalized spacial score (nSPS) is 12.8. The molecule has 0 aliphatic heterocycles. The van der Waals surface area contributed by atoms with Gasteiger partial charge in [-0.2, -0.15) is 0 Å². The van der Waals surface area contributed by atoms with Crippen LogP contribution in [-0.4, -0.2) is 5.11 Å². The van der Waals surface area contributed by atoms with Gasteiger partial charge in [0.25, 0.3) is 0 Å². The molecule has 0 amide bonds. The summed E-state index contributed by atoms with van der Waals surface area (Å²) in [4.78, 5) is 0. The van der Waals surface area contributed by atoms with E-state index in [-0.39, 0.29) is 0 Å². The molecule has 0 saturated heterocycles. The molecule has 3 heteroatoms. The van der Waals surface area contributed by atoms with Crippen LogP contribution >= 0.6 is 15.9 Å². The number of para-hydroxylation sites is 1. The summed E-state index contributed by atoms with van der Waals surface area (Å²) in [6.07, 6.45) is -0.747. The summed E-state index contributed by atoms with van der Waals surface area (Å²) >= 11 is 3.45. The fourth-order valence-corrected chi connectivity index (χ4v) is 2.85. The highest BCUT2D eigenvalue weighted by Crippen LogP contribution is 2.30. The summed E-state index contributed by atoms with van der Waals surface area (Å²) in [6, 6.07) is 15.5. The topological polar surface area (TPSA) is 33.4 Å². The van der Waals surface area contributed by atoms with Crippen molar-refractivity contribution in [3.8, 4) is 0 Å². The van der Waals surface area contributed by atoms with Gasteiger partial charge in [-0.05, 0) is 42.3 Å². The maximum absolute atomic E-state index is 10.4. The van der Waals surface area contributed by atoms with Crippen LogP contribution in [0.25, 0.3) is 11.0 Å². The first-order chi connectivity index (χ1) is 9.13. The Labute approximate surface area is 119 Å². The molecule has 1 heterocycles. The molecule has 1 N–H and O–H groups in total. The second kappa shape index (κ2) is 4.83. The number of furan rings is 1. The molecule has 0 radical (unpaired) electrons. The molecule has 3 rings (SSSR count). The monoisotopic (exact) mass is 316 g/mol. The third kappa shape index (κ3) is 2.44. The van der Waals surface area contributed by atoms with Crippen LogP contribution in [0.4, 0.5) is 0 Å². The van der Waals surface area contributed by atoms with Crippen LogP contribution in [0.1, 0.15) is 23.0 Å². The Morgan fingerprint density at radius 1 is 1.11 bits per heavy atom. The van der Waals surface area contributed by atoms with Crippen molar-refractivity contribution in [2.45, 2.75) is 13.0 Å². The molecule has 0 spiro atoms. The van der Waals surface area contributed by atoms with E-state index >= 15 is 0 Å². The van der Waals surface area contributed by atoms with Gasteiger partial charge in [-0.25, -0.2) is 0 Å². The predicted molar refractivity (Wildman–Crippen MR) is 79.2 cm³/mol. The van der Waals surface area contributed by atoms with Crippen LogP contribution in [0.15, 0.2) is 57.4 Å². The van der Waals surface area contributed by atoms with Crippen molar-refractivity contribution in [1.82, 2.24) is 0 Å². The molecule has 19 heavy (non-hydrogen) atoms. The fraction of sp³-hybridized carbons (Fsp3) is 0.125. The molecule has 0 fully saturated rings. The Kier molecular flexibility index (Phi) is 3.17. The lowest BCUT2D eigenvalue weighted by molar-refractivity contribution is 0.192. The van der Waals surface area contributed by atoms with Crippen molar-refractivity contribution in [2.75, 3.05) is 0 Å². The van der Waals surface area contributed by atoms with Gasteiger partial charge < -0.3 is 9.52 Å². The van der Waals surface area contributed by atoms with Gasteiger partial charge in [0, 0.05) is 9.86 Å². The number of rotatable bonds is 2. The SMILES string of the molecule is Cc1cc(Br)cc(C(O)c2cc3ccccc3o2)c1.